The van der Waals surface area contributed by atoms with Gasteiger partial charge in [0.25, 0.3) is 12.4 Å². The Kier molecular flexibility index (Phi) is 4.94. The molecular weight excluding hydrogens is 298 g/mol. The molecular formula is C21H20NS+. The lowest BCUT2D eigenvalue weighted by molar-refractivity contribution is -0.404. The molecule has 1 nitrogen and oxygen atoms in total. The van der Waals surface area contributed by atoms with E-state index in [1.165, 1.54) is 16.7 Å². The summed E-state index contributed by atoms with van der Waals surface area (Å²) < 4.78 is 1.90. The molecule has 2 heteroatoms. The molecule has 0 aliphatic carbocycles. The Morgan fingerprint density at radius 2 is 1.22 bits per heavy atom. The van der Waals surface area contributed by atoms with E-state index in [1.807, 2.05) is 3.95 Å². The van der Waals surface area contributed by atoms with Gasteiger partial charge in [0.05, 0.1) is 0 Å². The largest absolute Gasteiger partial charge is 0.270 e. The molecule has 0 bridgehead atoms. The predicted molar refractivity (Wildman–Crippen MR) is 98.1 cm³/mol. The molecule has 0 aliphatic rings. The molecule has 0 saturated heterocycles. The highest BCUT2D eigenvalue weighted by molar-refractivity contribution is 7.44. The van der Waals surface area contributed by atoms with Crippen molar-refractivity contribution in [2.75, 3.05) is 6.54 Å². The molecule has 0 aromatic heterocycles. The van der Waals surface area contributed by atoms with Crippen LogP contribution >= 0.6 is 0 Å². The number of hydrogen-bond acceptors (Lipinski definition) is 1. The number of benzene rings is 3. The maximum absolute atomic E-state index is 5.55. The first-order valence-corrected chi connectivity index (χ1v) is 8.31. The van der Waals surface area contributed by atoms with Gasteiger partial charge in [-0.05, 0) is 18.1 Å². The van der Waals surface area contributed by atoms with Gasteiger partial charge in [0, 0.05) is 17.5 Å². The maximum atomic E-state index is 5.55. The van der Waals surface area contributed by atoms with Crippen molar-refractivity contribution in [1.29, 1.82) is 0 Å². The average molecular weight is 318 g/mol. The molecule has 0 spiro atoms. The van der Waals surface area contributed by atoms with Crippen molar-refractivity contribution in [3.05, 3.63) is 102 Å². The van der Waals surface area contributed by atoms with Gasteiger partial charge in [-0.2, -0.15) is 0 Å². The molecule has 0 atom stereocenters. The summed E-state index contributed by atoms with van der Waals surface area (Å²) in [5, 5.41) is 0. The van der Waals surface area contributed by atoms with Crippen molar-refractivity contribution in [2.24, 2.45) is 0 Å². The van der Waals surface area contributed by atoms with Gasteiger partial charge in [-0.25, -0.2) is 0 Å². The molecule has 0 saturated carbocycles. The summed E-state index contributed by atoms with van der Waals surface area (Å²) in [6.07, 6.45) is 0. The molecule has 114 valence electrons. The van der Waals surface area contributed by atoms with E-state index < -0.39 is 0 Å². The normalized spacial score (nSPS) is 10.7. The van der Waals surface area contributed by atoms with Crippen molar-refractivity contribution < 1.29 is 3.95 Å². The van der Waals surface area contributed by atoms with Crippen LogP contribution in [0.1, 0.15) is 29.5 Å². The van der Waals surface area contributed by atoms with Gasteiger partial charge in [-0.1, -0.05) is 78.9 Å². The van der Waals surface area contributed by atoms with Gasteiger partial charge in [0.1, 0.15) is 0 Å². The molecule has 0 N–H and O–H groups in total. The van der Waals surface area contributed by atoms with E-state index in [4.69, 9.17) is 12.4 Å². The monoisotopic (exact) mass is 318 g/mol. The summed E-state index contributed by atoms with van der Waals surface area (Å²) >= 11 is 5.55. The molecule has 0 amide bonds. The van der Waals surface area contributed by atoms with Crippen molar-refractivity contribution in [2.45, 2.75) is 12.8 Å². The quantitative estimate of drug-likeness (QED) is 0.458. The summed E-state index contributed by atoms with van der Waals surface area (Å²) in [5.74, 6) is 0.186. The smallest absolute Gasteiger partial charge is 0.120 e. The fourth-order valence-corrected chi connectivity index (χ4v) is 3.14. The van der Waals surface area contributed by atoms with Crippen LogP contribution < -0.4 is 0 Å². The molecule has 3 aromatic rings. The zero-order chi connectivity index (χ0) is 16.1. The van der Waals surface area contributed by atoms with E-state index in [1.54, 1.807) is 0 Å². The lowest BCUT2D eigenvalue weighted by Crippen LogP contribution is -2.09. The molecule has 0 unspecified atom stereocenters. The van der Waals surface area contributed by atoms with Gasteiger partial charge in [0.15, 0.2) is 6.54 Å². The van der Waals surface area contributed by atoms with Crippen LogP contribution in [0, 0.1) is 0 Å². The predicted octanol–water partition coefficient (Wildman–Crippen LogP) is 5.26. The fourth-order valence-electron chi connectivity index (χ4n) is 2.97. The molecule has 3 rings (SSSR count). The second kappa shape index (κ2) is 7.30. The van der Waals surface area contributed by atoms with Gasteiger partial charge in [-0.15, -0.1) is 3.95 Å². The summed E-state index contributed by atoms with van der Waals surface area (Å²) in [5.41, 5.74) is 4.93. The second-order valence-corrected chi connectivity index (χ2v) is 5.95. The minimum absolute atomic E-state index is 0.186. The molecule has 0 fully saturated rings. The van der Waals surface area contributed by atoms with Crippen molar-refractivity contribution in [3.63, 3.8) is 0 Å². The molecule has 0 radical (unpaired) electrons. The third-order valence-corrected chi connectivity index (χ3v) is 4.52. The second-order valence-electron chi connectivity index (χ2n) is 5.51. The van der Waals surface area contributed by atoms with E-state index in [9.17, 15) is 0 Å². The lowest BCUT2D eigenvalue weighted by Gasteiger charge is -2.19. The summed E-state index contributed by atoms with van der Waals surface area (Å²) in [7, 11) is 0. The number of para-hydroxylation sites is 1. The third kappa shape index (κ3) is 3.38. The van der Waals surface area contributed by atoms with E-state index in [0.29, 0.717) is 0 Å². The summed E-state index contributed by atoms with van der Waals surface area (Å²) in [6, 6.07) is 29.7. The number of rotatable bonds is 5. The zero-order valence-corrected chi connectivity index (χ0v) is 14.0. The summed E-state index contributed by atoms with van der Waals surface area (Å²) in [4.78, 5) is 0. The first-order valence-electron chi connectivity index (χ1n) is 7.94. The molecule has 3 aromatic carbocycles. The van der Waals surface area contributed by atoms with Gasteiger partial charge in [0.2, 0.25) is 5.69 Å². The van der Waals surface area contributed by atoms with E-state index in [-0.39, 0.29) is 5.92 Å². The molecule has 23 heavy (non-hydrogen) atoms. The van der Waals surface area contributed by atoms with Crippen LogP contribution in [0.4, 0.5) is 5.69 Å². The number of nitrogens with zero attached hydrogens (tertiary/aromatic N) is 1. The molecule has 0 heterocycles. The number of hydrogen-bond donors (Lipinski definition) is 0. The van der Waals surface area contributed by atoms with Crippen molar-refractivity contribution in [3.8, 4) is 0 Å². The van der Waals surface area contributed by atoms with Crippen LogP contribution in [0.15, 0.2) is 84.9 Å². The third-order valence-electron chi connectivity index (χ3n) is 4.07. The standard InChI is InChI=1S/C21H20NS/c1-2-22(23)20-16-10-9-15-19(20)21(17-11-5-3-6-12-17)18-13-7-4-8-14-18/h3-16,21H,2H2,1H3/q+1. The minimum atomic E-state index is 0.186. The van der Waals surface area contributed by atoms with Crippen LogP contribution in [-0.4, -0.2) is 10.5 Å². The summed E-state index contributed by atoms with van der Waals surface area (Å²) in [6.45, 7) is 2.90. The first-order chi connectivity index (χ1) is 11.3. The Balaban J connectivity index is 2.20. The highest BCUT2D eigenvalue weighted by Gasteiger charge is 2.24. The van der Waals surface area contributed by atoms with Gasteiger partial charge >= 0.3 is 0 Å². The van der Waals surface area contributed by atoms with Gasteiger partial charge < -0.3 is 0 Å². The highest BCUT2D eigenvalue weighted by atomic mass is 32.1. The van der Waals surface area contributed by atoms with Crippen molar-refractivity contribution in [1.82, 2.24) is 0 Å². The Morgan fingerprint density at radius 1 is 0.739 bits per heavy atom. The van der Waals surface area contributed by atoms with E-state index in [2.05, 4.69) is 91.9 Å². The van der Waals surface area contributed by atoms with E-state index in [0.717, 1.165) is 12.2 Å². The molecule has 0 aliphatic heterocycles. The van der Waals surface area contributed by atoms with E-state index >= 15 is 0 Å². The lowest BCUT2D eigenvalue weighted by atomic mass is 9.84. The Labute approximate surface area is 143 Å². The van der Waals surface area contributed by atoms with Crippen LogP contribution in [0.25, 0.3) is 0 Å². The maximum Gasteiger partial charge on any atom is 0.270 e. The fraction of sp³-hybridized carbons (Fsp3) is 0.143. The average Bonchev–Trinajstić information content (AvgIpc) is 2.63. The Bertz CT molecular complexity index is 742. The van der Waals surface area contributed by atoms with Crippen molar-refractivity contribution >= 4 is 18.1 Å². The SMILES string of the molecule is CC[N+](=S)c1ccccc1C(c1ccccc1)c1ccccc1. The van der Waals surface area contributed by atoms with Crippen LogP contribution in [0.5, 0.6) is 0 Å². The van der Waals surface area contributed by atoms with Crippen LogP contribution in [0.2, 0.25) is 0 Å². The minimum Gasteiger partial charge on any atom is -0.120 e. The highest BCUT2D eigenvalue weighted by Crippen LogP contribution is 2.36. The topological polar surface area (TPSA) is 3.01 Å². The van der Waals surface area contributed by atoms with Gasteiger partial charge in [-0.3, -0.25) is 0 Å². The Hall–Kier alpha value is -2.32. The Morgan fingerprint density at radius 3 is 1.74 bits per heavy atom. The van der Waals surface area contributed by atoms with Crippen LogP contribution in [0.3, 0.4) is 0 Å². The zero-order valence-electron chi connectivity index (χ0n) is 13.2. The van der Waals surface area contributed by atoms with Crippen LogP contribution in [-0.2, 0) is 12.4 Å². The first kappa shape index (κ1) is 15.6.